The quantitative estimate of drug-likeness (QED) is 0.312. The average Bonchev–Trinajstić information content (AvgIpc) is 3.30. The number of nitrogens with two attached hydrogens (primary N) is 2. The lowest BCUT2D eigenvalue weighted by Crippen LogP contribution is -2.54. The van der Waals surface area contributed by atoms with Crippen LogP contribution < -0.4 is 21.5 Å². The van der Waals surface area contributed by atoms with Crippen molar-refractivity contribution in [2.24, 2.45) is 17.1 Å². The van der Waals surface area contributed by atoms with E-state index in [1.54, 1.807) is 18.0 Å². The fraction of sp³-hybridized carbons (Fsp3) is 0.455. The number of ether oxygens (including phenoxy) is 1. The van der Waals surface area contributed by atoms with Crippen LogP contribution in [0.2, 0.25) is 0 Å². The predicted octanol–water partition coefficient (Wildman–Crippen LogP) is -0.614. The maximum atomic E-state index is 12.9. The Labute approximate surface area is 189 Å². The molecule has 2 aliphatic rings. The van der Waals surface area contributed by atoms with Gasteiger partial charge in [0.05, 0.1) is 44.3 Å². The minimum Gasteiger partial charge on any atom is -0.497 e. The van der Waals surface area contributed by atoms with Gasteiger partial charge in [-0.1, -0.05) is 12.1 Å². The number of aliphatic hydroxyl groups is 2. The summed E-state index contributed by atoms with van der Waals surface area (Å²) < 4.78 is 6.92. The highest BCUT2D eigenvalue weighted by Gasteiger charge is 2.71. The lowest BCUT2D eigenvalue weighted by Gasteiger charge is -2.29. The monoisotopic (exact) mass is 453 g/mol. The van der Waals surface area contributed by atoms with Gasteiger partial charge in [0.25, 0.3) is 0 Å². The molecule has 0 bridgehead atoms. The van der Waals surface area contributed by atoms with Gasteiger partial charge in [-0.2, -0.15) is 0 Å². The van der Waals surface area contributed by atoms with Crippen molar-refractivity contribution >= 4 is 22.9 Å². The number of nitrogen functional groups attached to an aromatic ring is 1. The first kappa shape index (κ1) is 21.6. The van der Waals surface area contributed by atoms with E-state index in [-0.39, 0.29) is 24.2 Å². The molecule has 2 fully saturated rings. The Morgan fingerprint density at radius 3 is 2.79 bits per heavy atom. The van der Waals surface area contributed by atoms with Crippen molar-refractivity contribution < 1.29 is 19.7 Å². The van der Waals surface area contributed by atoms with Crippen LogP contribution in [0.15, 0.2) is 36.9 Å². The highest BCUT2D eigenvalue weighted by atomic mass is 16.5. The summed E-state index contributed by atoms with van der Waals surface area (Å²) >= 11 is 0. The molecule has 2 saturated carbocycles. The molecule has 2 heterocycles. The minimum atomic E-state index is -0.957. The van der Waals surface area contributed by atoms with Gasteiger partial charge in [-0.3, -0.25) is 4.79 Å². The highest BCUT2D eigenvalue weighted by molar-refractivity contribution is 5.83. The van der Waals surface area contributed by atoms with Crippen LogP contribution in [-0.4, -0.2) is 67.5 Å². The number of hydrogen-bond acceptors (Lipinski definition) is 9. The highest BCUT2D eigenvalue weighted by Crippen LogP contribution is 2.67. The van der Waals surface area contributed by atoms with E-state index in [4.69, 9.17) is 16.2 Å². The molecule has 0 unspecified atom stereocenters. The molecule has 7 N–H and O–H groups in total. The Kier molecular flexibility index (Phi) is 5.19. The number of methoxy groups -OCH3 is 1. The van der Waals surface area contributed by atoms with Gasteiger partial charge in [-0.25, -0.2) is 15.0 Å². The molecule has 0 aliphatic heterocycles. The largest absolute Gasteiger partial charge is 0.497 e. The number of rotatable bonds is 7. The molecule has 0 spiro atoms. The van der Waals surface area contributed by atoms with Crippen LogP contribution in [0.1, 0.15) is 18.0 Å². The first-order valence-corrected chi connectivity index (χ1v) is 10.8. The van der Waals surface area contributed by atoms with Gasteiger partial charge < -0.3 is 36.3 Å². The Morgan fingerprint density at radius 1 is 1.33 bits per heavy atom. The van der Waals surface area contributed by atoms with Crippen molar-refractivity contribution in [3.05, 3.63) is 42.5 Å². The number of nitrogens with one attached hydrogen (secondary N) is 1. The van der Waals surface area contributed by atoms with E-state index >= 15 is 0 Å². The SMILES string of the molecule is COc1ccc(C[C@H](N)C(=O)N[C@H]2[C@@H](O)[C@H](n3cnc4c(N)ncnc43)[C@H]3C[C@]32CO)cc1. The van der Waals surface area contributed by atoms with Crippen molar-refractivity contribution in [1.29, 1.82) is 0 Å². The van der Waals surface area contributed by atoms with Crippen LogP contribution in [0, 0.1) is 11.3 Å². The van der Waals surface area contributed by atoms with Crippen molar-refractivity contribution in [1.82, 2.24) is 24.8 Å². The minimum absolute atomic E-state index is 0.0470. The van der Waals surface area contributed by atoms with E-state index in [0.717, 1.165) is 11.3 Å². The zero-order chi connectivity index (χ0) is 23.3. The zero-order valence-electron chi connectivity index (χ0n) is 18.1. The second-order valence-corrected chi connectivity index (χ2v) is 8.91. The van der Waals surface area contributed by atoms with Crippen molar-refractivity contribution in [2.45, 2.75) is 37.1 Å². The van der Waals surface area contributed by atoms with Gasteiger partial charge in [0, 0.05) is 5.41 Å². The Balaban J connectivity index is 1.34. The molecule has 2 aliphatic carbocycles. The standard InChI is InChI=1S/C22H27N7O4/c1-33-12-4-2-11(3-5-12)6-14(23)21(32)28-18-17(31)16(13-7-22(13,18)8-30)29-10-27-15-19(24)25-9-26-20(15)29/h2-5,9-10,13-14,16-18,30-31H,6-8,23H2,1H3,(H,28,32)(H2,24,25,26)/t13-,14+,16-,17+,18+,22+/m1/s1. The lowest BCUT2D eigenvalue weighted by molar-refractivity contribution is -0.124. The Bertz CT molecular complexity index is 1180. The number of anilines is 1. The summed E-state index contributed by atoms with van der Waals surface area (Å²) in [5.74, 6) is 0.552. The number of carbonyl (C=O) groups excluding carboxylic acids is 1. The predicted molar refractivity (Wildman–Crippen MR) is 119 cm³/mol. The van der Waals surface area contributed by atoms with Crippen LogP contribution in [0.3, 0.4) is 0 Å². The number of nitrogens with zero attached hydrogens (tertiary/aromatic N) is 4. The Hall–Kier alpha value is -3.28. The number of imidazole rings is 1. The van der Waals surface area contributed by atoms with Crippen molar-refractivity contribution in [3.8, 4) is 5.75 Å². The summed E-state index contributed by atoms with van der Waals surface area (Å²) in [6.45, 7) is -0.159. The summed E-state index contributed by atoms with van der Waals surface area (Å²) in [4.78, 5) is 25.5. The molecule has 174 valence electrons. The number of fused-ring (bicyclic) bond motifs is 2. The van der Waals surface area contributed by atoms with E-state index < -0.39 is 29.6 Å². The third-order valence-electron chi connectivity index (χ3n) is 7.15. The maximum absolute atomic E-state index is 12.9. The molecule has 0 saturated heterocycles. The number of aromatic nitrogens is 4. The fourth-order valence-corrected chi connectivity index (χ4v) is 5.27. The molecule has 1 aromatic carbocycles. The number of amides is 1. The zero-order valence-corrected chi connectivity index (χ0v) is 18.1. The summed E-state index contributed by atoms with van der Waals surface area (Å²) in [5, 5.41) is 24.3. The van der Waals surface area contributed by atoms with Crippen molar-refractivity contribution in [3.63, 3.8) is 0 Å². The van der Waals surface area contributed by atoms with Crippen LogP contribution in [0.4, 0.5) is 5.82 Å². The van der Waals surface area contributed by atoms with Gasteiger partial charge in [-0.05, 0) is 36.5 Å². The van der Waals surface area contributed by atoms with Gasteiger partial charge in [0.1, 0.15) is 17.6 Å². The second kappa shape index (κ2) is 7.94. The van der Waals surface area contributed by atoms with Gasteiger partial charge >= 0.3 is 0 Å². The van der Waals surface area contributed by atoms with Gasteiger partial charge in [-0.15, -0.1) is 0 Å². The molecule has 5 rings (SSSR count). The maximum Gasteiger partial charge on any atom is 0.237 e. The summed E-state index contributed by atoms with van der Waals surface area (Å²) in [5.41, 5.74) is 13.3. The summed E-state index contributed by atoms with van der Waals surface area (Å²) in [7, 11) is 1.59. The fourth-order valence-electron chi connectivity index (χ4n) is 5.27. The summed E-state index contributed by atoms with van der Waals surface area (Å²) in [6, 6.07) is 5.47. The topological polar surface area (TPSA) is 174 Å². The molecule has 6 atom stereocenters. The molecule has 3 aromatic rings. The van der Waals surface area contributed by atoms with Crippen LogP contribution >= 0.6 is 0 Å². The molecule has 0 radical (unpaired) electrons. The molecule has 1 amide bonds. The van der Waals surface area contributed by atoms with Crippen LogP contribution in [0.25, 0.3) is 11.2 Å². The molecule has 2 aromatic heterocycles. The lowest BCUT2D eigenvalue weighted by atomic mass is 9.96. The average molecular weight is 454 g/mol. The van der Waals surface area contributed by atoms with E-state index in [2.05, 4.69) is 20.3 Å². The molecular weight excluding hydrogens is 426 g/mol. The smallest absolute Gasteiger partial charge is 0.237 e. The number of aliphatic hydroxyl groups excluding tert-OH is 2. The van der Waals surface area contributed by atoms with E-state index in [1.165, 1.54) is 6.33 Å². The second-order valence-electron chi connectivity index (χ2n) is 8.91. The van der Waals surface area contributed by atoms with E-state index in [1.807, 2.05) is 24.3 Å². The van der Waals surface area contributed by atoms with Gasteiger partial charge in [0.2, 0.25) is 5.91 Å². The molecule has 11 heteroatoms. The summed E-state index contributed by atoms with van der Waals surface area (Å²) in [6.07, 6.45) is 2.95. The number of hydrogen-bond donors (Lipinski definition) is 5. The molecule has 11 nitrogen and oxygen atoms in total. The molecule has 33 heavy (non-hydrogen) atoms. The normalized spacial score (nSPS) is 29.0. The Morgan fingerprint density at radius 2 is 2.09 bits per heavy atom. The van der Waals surface area contributed by atoms with E-state index in [9.17, 15) is 15.0 Å². The first-order chi connectivity index (χ1) is 15.9. The van der Waals surface area contributed by atoms with Gasteiger partial charge in [0.15, 0.2) is 11.5 Å². The van der Waals surface area contributed by atoms with Crippen LogP contribution in [-0.2, 0) is 11.2 Å². The van der Waals surface area contributed by atoms with E-state index in [0.29, 0.717) is 24.0 Å². The first-order valence-electron chi connectivity index (χ1n) is 10.8. The van der Waals surface area contributed by atoms with Crippen molar-refractivity contribution in [2.75, 3.05) is 19.5 Å². The third kappa shape index (κ3) is 3.39. The van der Waals surface area contributed by atoms with Crippen LogP contribution in [0.5, 0.6) is 5.75 Å². The third-order valence-corrected chi connectivity index (χ3v) is 7.15. The number of carbonyl (C=O) groups is 1. The number of benzene rings is 1. The molecular formula is C22H27N7O4.